The first-order chi connectivity index (χ1) is 18.4. The van der Waals surface area contributed by atoms with Gasteiger partial charge in [0.25, 0.3) is 5.91 Å². The lowest BCUT2D eigenvalue weighted by molar-refractivity contribution is -0.144. The van der Waals surface area contributed by atoms with Crippen molar-refractivity contribution in [3.05, 3.63) is 35.9 Å². The predicted octanol–water partition coefficient (Wildman–Crippen LogP) is 4.88. The van der Waals surface area contributed by atoms with E-state index in [-0.39, 0.29) is 29.8 Å². The van der Waals surface area contributed by atoms with Gasteiger partial charge in [-0.05, 0) is 63.9 Å². The molecule has 0 bridgehead atoms. The van der Waals surface area contributed by atoms with Crippen LogP contribution in [0.25, 0.3) is 0 Å². The molecule has 5 atom stereocenters. The highest BCUT2D eigenvalue weighted by atomic mass is 16.6. The van der Waals surface area contributed by atoms with Crippen molar-refractivity contribution in [3.63, 3.8) is 0 Å². The Labute approximate surface area is 231 Å². The maximum absolute atomic E-state index is 14.1. The van der Waals surface area contributed by atoms with Crippen molar-refractivity contribution >= 4 is 29.4 Å². The zero-order valence-corrected chi connectivity index (χ0v) is 23.7. The summed E-state index contributed by atoms with van der Waals surface area (Å²) < 4.78 is 5.48. The van der Waals surface area contributed by atoms with Crippen LogP contribution in [-0.2, 0) is 23.9 Å². The van der Waals surface area contributed by atoms with Crippen LogP contribution in [0.3, 0.4) is 0 Å². The molecular formula is C31H44N2O6. The molecule has 0 aromatic heterocycles. The number of rotatable bonds is 12. The van der Waals surface area contributed by atoms with E-state index in [1.807, 2.05) is 37.3 Å². The van der Waals surface area contributed by atoms with Crippen LogP contribution in [0.1, 0.15) is 97.0 Å². The van der Waals surface area contributed by atoms with E-state index in [1.54, 1.807) is 20.8 Å². The highest BCUT2D eigenvalue weighted by Gasteiger charge is 2.52. The minimum absolute atomic E-state index is 0.0189. The number of benzene rings is 1. The molecule has 39 heavy (non-hydrogen) atoms. The van der Waals surface area contributed by atoms with Gasteiger partial charge < -0.3 is 15.8 Å². The summed E-state index contributed by atoms with van der Waals surface area (Å²) >= 11 is 0. The van der Waals surface area contributed by atoms with E-state index >= 15 is 0 Å². The van der Waals surface area contributed by atoms with Gasteiger partial charge >= 0.3 is 6.09 Å². The number of amides is 2. The van der Waals surface area contributed by atoms with Crippen LogP contribution in [0.5, 0.6) is 0 Å². The predicted molar refractivity (Wildman–Crippen MR) is 148 cm³/mol. The van der Waals surface area contributed by atoms with Crippen LogP contribution in [-0.4, -0.2) is 41.0 Å². The van der Waals surface area contributed by atoms with Crippen molar-refractivity contribution in [2.45, 2.75) is 103 Å². The Morgan fingerprint density at radius 3 is 2.23 bits per heavy atom. The number of ether oxygens (including phenoxy) is 1. The zero-order chi connectivity index (χ0) is 28.7. The highest BCUT2D eigenvalue weighted by Crippen LogP contribution is 2.50. The average Bonchev–Trinajstić information content (AvgIpc) is 2.86. The van der Waals surface area contributed by atoms with Gasteiger partial charge in [0, 0.05) is 24.2 Å². The normalized spacial score (nSPS) is 23.1. The number of nitrogens with one attached hydrogen (secondary N) is 1. The van der Waals surface area contributed by atoms with Crippen molar-refractivity contribution < 1.29 is 28.7 Å². The second-order valence-electron chi connectivity index (χ2n) is 12.2. The lowest BCUT2D eigenvalue weighted by Gasteiger charge is -2.46. The van der Waals surface area contributed by atoms with E-state index in [0.29, 0.717) is 19.3 Å². The lowest BCUT2D eigenvalue weighted by atomic mass is 9.56. The number of ketones is 3. The summed E-state index contributed by atoms with van der Waals surface area (Å²) in [7, 11) is 0. The van der Waals surface area contributed by atoms with Crippen LogP contribution in [0.4, 0.5) is 4.79 Å². The molecule has 1 aromatic rings. The fourth-order valence-electron chi connectivity index (χ4n) is 6.25. The number of carbonyl (C=O) groups is 5. The number of hydrogen-bond acceptors (Lipinski definition) is 6. The third-order valence-electron chi connectivity index (χ3n) is 8.14. The Balaban J connectivity index is 1.88. The molecule has 8 heteroatoms. The molecule has 2 saturated carbocycles. The van der Waals surface area contributed by atoms with E-state index < -0.39 is 47.2 Å². The minimum Gasteiger partial charge on any atom is -0.444 e. The third-order valence-corrected chi connectivity index (χ3v) is 8.14. The fourth-order valence-corrected chi connectivity index (χ4v) is 6.25. The van der Waals surface area contributed by atoms with Crippen molar-refractivity contribution in [1.29, 1.82) is 0 Å². The summed E-state index contributed by atoms with van der Waals surface area (Å²) in [4.78, 5) is 64.7. The van der Waals surface area contributed by atoms with E-state index in [4.69, 9.17) is 10.5 Å². The van der Waals surface area contributed by atoms with Gasteiger partial charge in [0.1, 0.15) is 11.4 Å². The van der Waals surface area contributed by atoms with Crippen LogP contribution in [0.2, 0.25) is 0 Å². The van der Waals surface area contributed by atoms with E-state index in [9.17, 15) is 24.0 Å². The van der Waals surface area contributed by atoms with E-state index in [1.165, 1.54) is 0 Å². The highest BCUT2D eigenvalue weighted by molar-refractivity contribution is 6.36. The molecule has 1 aromatic carbocycles. The molecule has 2 aliphatic rings. The zero-order valence-electron chi connectivity index (χ0n) is 23.7. The fraction of sp³-hybridized carbons (Fsp3) is 0.645. The summed E-state index contributed by atoms with van der Waals surface area (Å²) in [6.45, 7) is 7.20. The van der Waals surface area contributed by atoms with Crippen LogP contribution in [0, 0.1) is 23.7 Å². The number of nitrogens with two attached hydrogens (primary N) is 1. The molecule has 2 amide bonds. The Bertz CT molecular complexity index is 1040. The van der Waals surface area contributed by atoms with Gasteiger partial charge in [-0.25, -0.2) is 4.79 Å². The standard InChI is InChI=1S/C31H44N2O6/c1-5-12-21(27(35)29(32)37)17-24(34)25-22(19-13-8-6-9-14-19)18-23(25)28(36)26(20-15-10-7-11-16-20)33-30(38)39-31(2,3)4/h6,8-9,13-14,20-23,25-26H,5,7,10-12,15-18H2,1-4H3,(H2,32,37)(H,33,38)/t21?,22-,23?,25+,26?/m0/s1. The first-order valence-corrected chi connectivity index (χ1v) is 14.4. The second-order valence-corrected chi connectivity index (χ2v) is 12.2. The van der Waals surface area contributed by atoms with E-state index in [0.717, 1.165) is 37.7 Å². The van der Waals surface area contributed by atoms with Crippen molar-refractivity contribution in [3.8, 4) is 0 Å². The minimum atomic E-state index is -1.04. The van der Waals surface area contributed by atoms with E-state index in [2.05, 4.69) is 5.32 Å². The molecule has 2 aliphatic carbocycles. The summed E-state index contributed by atoms with van der Waals surface area (Å²) in [6.07, 6.45) is 5.43. The smallest absolute Gasteiger partial charge is 0.408 e. The molecule has 0 aliphatic heterocycles. The van der Waals surface area contributed by atoms with Crippen LogP contribution >= 0.6 is 0 Å². The Morgan fingerprint density at radius 2 is 1.67 bits per heavy atom. The van der Waals surface area contributed by atoms with Gasteiger partial charge in [0.15, 0.2) is 5.78 Å². The summed E-state index contributed by atoms with van der Waals surface area (Å²) in [5, 5.41) is 2.86. The summed E-state index contributed by atoms with van der Waals surface area (Å²) in [5.41, 5.74) is 5.52. The largest absolute Gasteiger partial charge is 0.444 e. The first kappa shape index (κ1) is 30.5. The number of primary amides is 1. The van der Waals surface area contributed by atoms with Gasteiger partial charge in [0.2, 0.25) is 5.78 Å². The number of alkyl carbamates (subject to hydrolysis) is 1. The molecule has 214 valence electrons. The average molecular weight is 541 g/mol. The molecule has 0 heterocycles. The number of hydrogen-bond donors (Lipinski definition) is 2. The second kappa shape index (κ2) is 13.4. The first-order valence-electron chi connectivity index (χ1n) is 14.4. The topological polar surface area (TPSA) is 133 Å². The van der Waals surface area contributed by atoms with Crippen molar-refractivity contribution in [2.75, 3.05) is 0 Å². The third kappa shape index (κ3) is 7.99. The maximum atomic E-state index is 14.1. The van der Waals surface area contributed by atoms with Gasteiger partial charge in [-0.3, -0.25) is 19.2 Å². The Morgan fingerprint density at radius 1 is 1.03 bits per heavy atom. The molecule has 3 rings (SSSR count). The quantitative estimate of drug-likeness (QED) is 0.363. The van der Waals surface area contributed by atoms with Crippen molar-refractivity contribution in [1.82, 2.24) is 5.32 Å². The van der Waals surface area contributed by atoms with Crippen LogP contribution < -0.4 is 11.1 Å². The molecule has 8 nitrogen and oxygen atoms in total. The van der Waals surface area contributed by atoms with Gasteiger partial charge in [-0.2, -0.15) is 0 Å². The molecule has 0 spiro atoms. The van der Waals surface area contributed by atoms with Crippen molar-refractivity contribution in [2.24, 2.45) is 29.4 Å². The molecule has 3 unspecified atom stereocenters. The Hall–Kier alpha value is -3.03. The van der Waals surface area contributed by atoms with Gasteiger partial charge in [0.05, 0.1) is 6.04 Å². The monoisotopic (exact) mass is 540 g/mol. The molecule has 3 N–H and O–H groups in total. The lowest BCUT2D eigenvalue weighted by Crippen LogP contribution is -2.55. The SMILES string of the molecule is CCCC(CC(=O)[C@H]1C(C(=O)C(NC(=O)OC(C)(C)C)C2CCCCC2)C[C@H]1c1ccccc1)C(=O)C(N)=O. The molecule has 2 fully saturated rings. The van der Waals surface area contributed by atoms with Crippen LogP contribution in [0.15, 0.2) is 30.3 Å². The number of carbonyl (C=O) groups excluding carboxylic acids is 5. The van der Waals surface area contributed by atoms with Gasteiger partial charge in [-0.15, -0.1) is 0 Å². The molecule has 0 saturated heterocycles. The maximum Gasteiger partial charge on any atom is 0.408 e. The summed E-state index contributed by atoms with van der Waals surface area (Å²) in [5.74, 6) is -4.34. The summed E-state index contributed by atoms with van der Waals surface area (Å²) in [6, 6.07) is 8.85. The van der Waals surface area contributed by atoms with Gasteiger partial charge in [-0.1, -0.05) is 62.9 Å². The molecule has 0 radical (unpaired) electrons. The molecular weight excluding hydrogens is 496 g/mol. The number of Topliss-reactive ketones (excluding diaryl/α,β-unsaturated/α-hetero) is 3. The Kier molecular flexibility index (Phi) is 10.4.